The summed E-state index contributed by atoms with van der Waals surface area (Å²) in [4.78, 5) is 0. The normalized spacial score (nSPS) is 14.8. The molecule has 0 aliphatic heterocycles. The first-order valence-corrected chi connectivity index (χ1v) is 5.56. The van der Waals surface area contributed by atoms with Crippen molar-refractivity contribution in [1.82, 2.24) is 0 Å². The summed E-state index contributed by atoms with van der Waals surface area (Å²) in [5, 5.41) is 0. The molecule has 1 unspecified atom stereocenters. The van der Waals surface area contributed by atoms with Crippen LogP contribution in [-0.4, -0.2) is 6.04 Å². The van der Waals surface area contributed by atoms with Crippen LogP contribution in [0.15, 0.2) is 24.3 Å². The van der Waals surface area contributed by atoms with Crippen LogP contribution in [0, 0.1) is 0 Å². The van der Waals surface area contributed by atoms with Gasteiger partial charge in [-0.1, -0.05) is 26.0 Å². The fraction of sp³-hybridized carbons (Fsp3) is 0.538. The van der Waals surface area contributed by atoms with Gasteiger partial charge in [0.1, 0.15) is 0 Å². The highest BCUT2D eigenvalue weighted by Crippen LogP contribution is 2.33. The first kappa shape index (κ1) is 14.0. The summed E-state index contributed by atoms with van der Waals surface area (Å²) in [7, 11) is 0. The molecule has 0 aromatic heterocycles. The van der Waals surface area contributed by atoms with Crippen molar-refractivity contribution >= 4 is 0 Å². The SMILES string of the molecule is CC(N)CC(C)(C)c1ccc(C(F)(F)F)cc1. The molecule has 1 aromatic carbocycles. The van der Waals surface area contributed by atoms with E-state index in [0.717, 1.165) is 24.1 Å². The summed E-state index contributed by atoms with van der Waals surface area (Å²) in [6, 6.07) is 5.33. The molecule has 0 saturated heterocycles. The summed E-state index contributed by atoms with van der Waals surface area (Å²) < 4.78 is 37.2. The highest BCUT2D eigenvalue weighted by Gasteiger charge is 2.31. The van der Waals surface area contributed by atoms with Gasteiger partial charge >= 0.3 is 6.18 Å². The van der Waals surface area contributed by atoms with Crippen molar-refractivity contribution in [3.05, 3.63) is 35.4 Å². The molecule has 0 bridgehead atoms. The molecule has 0 spiro atoms. The molecule has 1 rings (SSSR count). The van der Waals surface area contributed by atoms with Crippen molar-refractivity contribution in [2.45, 2.75) is 44.8 Å². The van der Waals surface area contributed by atoms with E-state index in [1.54, 1.807) is 0 Å². The molecular formula is C13H18F3N. The summed E-state index contributed by atoms with van der Waals surface area (Å²) in [6.07, 6.45) is -3.54. The van der Waals surface area contributed by atoms with Crippen LogP contribution in [0.1, 0.15) is 38.3 Å². The maximum absolute atomic E-state index is 12.4. The molecule has 0 radical (unpaired) electrons. The van der Waals surface area contributed by atoms with Gasteiger partial charge in [-0.25, -0.2) is 0 Å². The highest BCUT2D eigenvalue weighted by atomic mass is 19.4. The molecule has 1 atom stereocenters. The molecule has 1 aromatic rings. The van der Waals surface area contributed by atoms with E-state index in [2.05, 4.69) is 0 Å². The minimum absolute atomic E-state index is 0.0206. The molecule has 4 heteroatoms. The van der Waals surface area contributed by atoms with Gasteiger partial charge in [0.2, 0.25) is 0 Å². The van der Waals surface area contributed by atoms with Gasteiger partial charge in [0.05, 0.1) is 5.56 Å². The van der Waals surface area contributed by atoms with Gasteiger partial charge in [0.15, 0.2) is 0 Å². The first-order valence-electron chi connectivity index (χ1n) is 5.56. The monoisotopic (exact) mass is 245 g/mol. The maximum Gasteiger partial charge on any atom is 0.416 e. The molecular weight excluding hydrogens is 227 g/mol. The number of halogens is 3. The predicted molar refractivity (Wildman–Crippen MR) is 62.7 cm³/mol. The topological polar surface area (TPSA) is 26.0 Å². The van der Waals surface area contributed by atoms with Crippen molar-refractivity contribution in [3.63, 3.8) is 0 Å². The van der Waals surface area contributed by atoms with E-state index >= 15 is 0 Å². The Labute approximate surface area is 99.8 Å². The fourth-order valence-electron chi connectivity index (χ4n) is 2.03. The molecule has 0 heterocycles. The molecule has 2 N–H and O–H groups in total. The van der Waals surface area contributed by atoms with E-state index in [1.807, 2.05) is 20.8 Å². The zero-order chi connectivity index (χ0) is 13.3. The van der Waals surface area contributed by atoms with Crippen LogP contribution in [0.25, 0.3) is 0 Å². The Hall–Kier alpha value is -1.03. The van der Waals surface area contributed by atoms with Crippen LogP contribution in [0.3, 0.4) is 0 Å². The van der Waals surface area contributed by atoms with Gasteiger partial charge in [-0.15, -0.1) is 0 Å². The Morgan fingerprint density at radius 1 is 1.06 bits per heavy atom. The third-order valence-electron chi connectivity index (χ3n) is 2.83. The molecule has 0 saturated carbocycles. The number of hydrogen-bond donors (Lipinski definition) is 1. The lowest BCUT2D eigenvalue weighted by atomic mass is 9.79. The third-order valence-corrected chi connectivity index (χ3v) is 2.83. The smallest absolute Gasteiger partial charge is 0.328 e. The summed E-state index contributed by atoms with van der Waals surface area (Å²) in [6.45, 7) is 5.86. The lowest BCUT2D eigenvalue weighted by Crippen LogP contribution is -2.28. The van der Waals surface area contributed by atoms with Gasteiger partial charge < -0.3 is 5.73 Å². The second-order valence-electron chi connectivity index (χ2n) is 5.14. The van der Waals surface area contributed by atoms with Crippen LogP contribution in [0.2, 0.25) is 0 Å². The zero-order valence-electron chi connectivity index (χ0n) is 10.3. The van der Waals surface area contributed by atoms with E-state index < -0.39 is 11.7 Å². The predicted octanol–water partition coefficient (Wildman–Crippen LogP) is 3.72. The van der Waals surface area contributed by atoms with Crippen molar-refractivity contribution < 1.29 is 13.2 Å². The van der Waals surface area contributed by atoms with E-state index in [0.29, 0.717) is 0 Å². The van der Waals surface area contributed by atoms with Crippen LogP contribution in [0.5, 0.6) is 0 Å². The van der Waals surface area contributed by atoms with Crippen LogP contribution < -0.4 is 5.73 Å². The number of nitrogens with two attached hydrogens (primary N) is 1. The second kappa shape index (κ2) is 4.69. The van der Waals surface area contributed by atoms with E-state index in [4.69, 9.17) is 5.73 Å². The lowest BCUT2D eigenvalue weighted by Gasteiger charge is -2.27. The molecule has 96 valence electrons. The van der Waals surface area contributed by atoms with Gasteiger partial charge in [0, 0.05) is 6.04 Å². The molecule has 0 amide bonds. The van der Waals surface area contributed by atoms with Gasteiger partial charge in [-0.3, -0.25) is 0 Å². The number of alkyl halides is 3. The second-order valence-corrected chi connectivity index (χ2v) is 5.14. The molecule has 0 aliphatic carbocycles. The van der Waals surface area contributed by atoms with Gasteiger partial charge in [-0.05, 0) is 36.5 Å². The summed E-state index contributed by atoms with van der Waals surface area (Å²) in [5.74, 6) is 0. The largest absolute Gasteiger partial charge is 0.416 e. The Morgan fingerprint density at radius 3 is 1.82 bits per heavy atom. The third kappa shape index (κ3) is 3.73. The Kier molecular flexibility index (Phi) is 3.87. The maximum atomic E-state index is 12.4. The number of benzene rings is 1. The van der Waals surface area contributed by atoms with E-state index in [1.165, 1.54) is 12.1 Å². The highest BCUT2D eigenvalue weighted by molar-refractivity contribution is 5.29. The van der Waals surface area contributed by atoms with Gasteiger partial charge in [0.25, 0.3) is 0 Å². The first-order chi connectivity index (χ1) is 7.63. The minimum Gasteiger partial charge on any atom is -0.328 e. The molecule has 1 nitrogen and oxygen atoms in total. The lowest BCUT2D eigenvalue weighted by molar-refractivity contribution is -0.137. The number of rotatable bonds is 3. The Balaban J connectivity index is 2.94. The Morgan fingerprint density at radius 2 is 1.47 bits per heavy atom. The fourth-order valence-corrected chi connectivity index (χ4v) is 2.03. The summed E-state index contributed by atoms with van der Waals surface area (Å²) in [5.41, 5.74) is 5.79. The van der Waals surface area contributed by atoms with Gasteiger partial charge in [-0.2, -0.15) is 13.2 Å². The van der Waals surface area contributed by atoms with Crippen molar-refractivity contribution in [2.75, 3.05) is 0 Å². The minimum atomic E-state index is -4.27. The molecule has 0 aliphatic rings. The van der Waals surface area contributed by atoms with E-state index in [9.17, 15) is 13.2 Å². The Bertz CT molecular complexity index is 363. The average Bonchev–Trinajstić information content (AvgIpc) is 2.14. The summed E-state index contributed by atoms with van der Waals surface area (Å²) >= 11 is 0. The van der Waals surface area contributed by atoms with Crippen LogP contribution in [-0.2, 0) is 11.6 Å². The number of hydrogen-bond acceptors (Lipinski definition) is 1. The van der Waals surface area contributed by atoms with E-state index in [-0.39, 0.29) is 11.5 Å². The van der Waals surface area contributed by atoms with Crippen LogP contribution in [0.4, 0.5) is 13.2 Å². The van der Waals surface area contributed by atoms with Crippen molar-refractivity contribution in [2.24, 2.45) is 5.73 Å². The van der Waals surface area contributed by atoms with Crippen molar-refractivity contribution in [3.8, 4) is 0 Å². The standard InChI is InChI=1S/C13H18F3N/c1-9(17)8-12(2,3)10-4-6-11(7-5-10)13(14,15)16/h4-7,9H,8,17H2,1-3H3. The molecule has 17 heavy (non-hydrogen) atoms. The molecule has 0 fully saturated rings. The van der Waals surface area contributed by atoms with Crippen LogP contribution >= 0.6 is 0 Å². The quantitative estimate of drug-likeness (QED) is 0.863. The van der Waals surface area contributed by atoms with Crippen molar-refractivity contribution in [1.29, 1.82) is 0 Å². The average molecular weight is 245 g/mol. The zero-order valence-corrected chi connectivity index (χ0v) is 10.3.